The van der Waals surface area contributed by atoms with Crippen molar-refractivity contribution in [2.45, 2.75) is 25.8 Å². The van der Waals surface area contributed by atoms with Gasteiger partial charge in [-0.2, -0.15) is 0 Å². The summed E-state index contributed by atoms with van der Waals surface area (Å²) >= 11 is 0. The Morgan fingerprint density at radius 2 is 1.68 bits per heavy atom. The minimum atomic E-state index is 0.0127. The first-order valence-electron chi connectivity index (χ1n) is 9.87. The standard InChI is InChI=1S/C23H28N2O3/c1-3-22(27)19-8-4-6-17(14-19)18-7-5-9-20(15-18)23(28)25-12-11-24(2)21(16-25)10-13-26/h4-9,14-15,21,26H,3,10-13,16H2,1-2H3/t21-/m1/s1. The van der Waals surface area contributed by atoms with Gasteiger partial charge < -0.3 is 10.0 Å². The molecule has 2 aromatic carbocycles. The highest BCUT2D eigenvalue weighted by Crippen LogP contribution is 2.23. The van der Waals surface area contributed by atoms with Gasteiger partial charge in [-0.25, -0.2) is 0 Å². The van der Waals surface area contributed by atoms with Crippen LogP contribution in [0.1, 0.15) is 40.5 Å². The molecule has 5 heteroatoms. The summed E-state index contributed by atoms with van der Waals surface area (Å²) in [6, 6.07) is 15.3. The number of benzene rings is 2. The summed E-state index contributed by atoms with van der Waals surface area (Å²) in [7, 11) is 2.04. The highest BCUT2D eigenvalue weighted by molar-refractivity contribution is 5.98. The molecule has 148 valence electrons. The molecule has 3 rings (SSSR count). The molecule has 0 unspecified atom stereocenters. The average Bonchev–Trinajstić information content (AvgIpc) is 2.74. The van der Waals surface area contributed by atoms with E-state index in [9.17, 15) is 14.7 Å². The summed E-state index contributed by atoms with van der Waals surface area (Å²) in [5.74, 6) is 0.125. The van der Waals surface area contributed by atoms with Crippen LogP contribution in [-0.4, -0.2) is 65.9 Å². The minimum Gasteiger partial charge on any atom is -0.396 e. The Bertz CT molecular complexity index is 849. The van der Waals surface area contributed by atoms with Crippen LogP contribution >= 0.6 is 0 Å². The van der Waals surface area contributed by atoms with Crippen LogP contribution in [0.5, 0.6) is 0 Å². The molecule has 0 spiro atoms. The second-order valence-electron chi connectivity index (χ2n) is 7.34. The normalized spacial score (nSPS) is 17.5. The molecule has 1 amide bonds. The summed E-state index contributed by atoms with van der Waals surface area (Å²) in [6.45, 7) is 4.09. The van der Waals surface area contributed by atoms with E-state index in [0.717, 1.165) is 17.7 Å². The highest BCUT2D eigenvalue weighted by atomic mass is 16.3. The number of carbonyl (C=O) groups is 2. The number of piperazine rings is 1. The van der Waals surface area contributed by atoms with Gasteiger partial charge in [0.05, 0.1) is 0 Å². The number of rotatable bonds is 6. The van der Waals surface area contributed by atoms with Crippen molar-refractivity contribution in [2.24, 2.45) is 0 Å². The number of likely N-dealkylation sites (N-methyl/N-ethyl adjacent to an activating group) is 1. The van der Waals surface area contributed by atoms with Crippen LogP contribution in [0.2, 0.25) is 0 Å². The van der Waals surface area contributed by atoms with Gasteiger partial charge in [0, 0.05) is 49.8 Å². The molecule has 1 atom stereocenters. The first-order chi connectivity index (χ1) is 13.5. The van der Waals surface area contributed by atoms with E-state index >= 15 is 0 Å². The Kier molecular flexibility index (Phi) is 6.60. The van der Waals surface area contributed by atoms with E-state index in [0.29, 0.717) is 37.1 Å². The van der Waals surface area contributed by atoms with Gasteiger partial charge in [-0.3, -0.25) is 14.5 Å². The van der Waals surface area contributed by atoms with Crippen molar-refractivity contribution in [2.75, 3.05) is 33.3 Å². The van der Waals surface area contributed by atoms with Gasteiger partial charge in [-0.1, -0.05) is 37.3 Å². The molecule has 1 aliphatic rings. The Labute approximate surface area is 166 Å². The smallest absolute Gasteiger partial charge is 0.253 e. The van der Waals surface area contributed by atoms with Gasteiger partial charge in [0.1, 0.15) is 0 Å². The lowest BCUT2D eigenvalue weighted by molar-refractivity contribution is 0.0500. The molecule has 0 radical (unpaired) electrons. The number of hydrogen-bond donors (Lipinski definition) is 1. The van der Waals surface area contributed by atoms with Crippen molar-refractivity contribution >= 4 is 11.7 Å². The first-order valence-corrected chi connectivity index (χ1v) is 9.87. The van der Waals surface area contributed by atoms with Gasteiger partial charge in [-0.05, 0) is 42.8 Å². The Morgan fingerprint density at radius 3 is 2.32 bits per heavy atom. The van der Waals surface area contributed by atoms with Crippen LogP contribution in [0.3, 0.4) is 0 Å². The third kappa shape index (κ3) is 4.49. The van der Waals surface area contributed by atoms with Crippen molar-refractivity contribution < 1.29 is 14.7 Å². The van der Waals surface area contributed by atoms with Crippen LogP contribution in [0.15, 0.2) is 48.5 Å². The molecule has 0 aliphatic carbocycles. The Morgan fingerprint density at radius 1 is 1.04 bits per heavy atom. The van der Waals surface area contributed by atoms with E-state index in [1.165, 1.54) is 0 Å². The maximum atomic E-state index is 13.1. The van der Waals surface area contributed by atoms with E-state index in [-0.39, 0.29) is 24.3 Å². The largest absolute Gasteiger partial charge is 0.396 e. The van der Waals surface area contributed by atoms with E-state index < -0.39 is 0 Å². The van der Waals surface area contributed by atoms with Crippen LogP contribution in [0, 0.1) is 0 Å². The molecule has 0 saturated carbocycles. The number of aliphatic hydroxyl groups excluding tert-OH is 1. The Balaban J connectivity index is 1.81. The predicted molar refractivity (Wildman–Crippen MR) is 111 cm³/mol. The molecule has 1 fully saturated rings. The number of nitrogens with zero attached hydrogens (tertiary/aromatic N) is 2. The van der Waals surface area contributed by atoms with Crippen molar-refractivity contribution in [1.82, 2.24) is 9.80 Å². The van der Waals surface area contributed by atoms with Crippen LogP contribution in [0.4, 0.5) is 0 Å². The molecular formula is C23H28N2O3. The molecule has 1 heterocycles. The summed E-state index contributed by atoms with van der Waals surface area (Å²) in [5, 5.41) is 9.27. The van der Waals surface area contributed by atoms with E-state index in [2.05, 4.69) is 4.90 Å². The zero-order valence-electron chi connectivity index (χ0n) is 16.6. The Hall–Kier alpha value is -2.50. The predicted octanol–water partition coefficient (Wildman–Crippen LogP) is 3.08. The van der Waals surface area contributed by atoms with E-state index in [4.69, 9.17) is 0 Å². The maximum Gasteiger partial charge on any atom is 0.253 e. The van der Waals surface area contributed by atoms with Gasteiger partial charge in [0.2, 0.25) is 0 Å². The number of Topliss-reactive ketones (excluding diaryl/α,β-unsaturated/α-hetero) is 1. The quantitative estimate of drug-likeness (QED) is 0.783. The number of hydrogen-bond acceptors (Lipinski definition) is 4. The highest BCUT2D eigenvalue weighted by Gasteiger charge is 2.27. The minimum absolute atomic E-state index is 0.0127. The first kappa shape index (κ1) is 20.2. The number of aliphatic hydroxyl groups is 1. The van der Waals surface area contributed by atoms with Crippen LogP contribution < -0.4 is 0 Å². The second-order valence-corrected chi connectivity index (χ2v) is 7.34. The van der Waals surface area contributed by atoms with Gasteiger partial charge in [0.15, 0.2) is 5.78 Å². The van der Waals surface area contributed by atoms with Crippen molar-refractivity contribution in [1.29, 1.82) is 0 Å². The van der Waals surface area contributed by atoms with Crippen molar-refractivity contribution in [3.05, 3.63) is 59.7 Å². The van der Waals surface area contributed by atoms with Crippen LogP contribution in [0.25, 0.3) is 11.1 Å². The lowest BCUT2D eigenvalue weighted by Crippen LogP contribution is -2.53. The fraction of sp³-hybridized carbons (Fsp3) is 0.391. The monoisotopic (exact) mass is 380 g/mol. The molecule has 1 saturated heterocycles. The maximum absolute atomic E-state index is 13.1. The summed E-state index contributed by atoms with van der Waals surface area (Å²) in [4.78, 5) is 29.1. The fourth-order valence-corrected chi connectivity index (χ4v) is 3.68. The van der Waals surface area contributed by atoms with E-state index in [1.807, 2.05) is 67.4 Å². The zero-order chi connectivity index (χ0) is 20.1. The second kappa shape index (κ2) is 9.13. The molecule has 5 nitrogen and oxygen atoms in total. The number of ketones is 1. The average molecular weight is 380 g/mol. The number of carbonyl (C=O) groups excluding carboxylic acids is 2. The fourth-order valence-electron chi connectivity index (χ4n) is 3.68. The molecule has 0 aromatic heterocycles. The molecular weight excluding hydrogens is 352 g/mol. The SMILES string of the molecule is CCC(=O)c1cccc(-c2cccc(C(=O)N3CCN(C)[C@H](CCO)C3)c2)c1. The van der Waals surface area contributed by atoms with Gasteiger partial charge >= 0.3 is 0 Å². The number of amides is 1. The lowest BCUT2D eigenvalue weighted by Gasteiger charge is -2.39. The zero-order valence-corrected chi connectivity index (χ0v) is 16.6. The lowest BCUT2D eigenvalue weighted by atomic mass is 9.98. The van der Waals surface area contributed by atoms with Crippen LogP contribution in [-0.2, 0) is 0 Å². The van der Waals surface area contributed by atoms with Gasteiger partial charge in [-0.15, -0.1) is 0 Å². The van der Waals surface area contributed by atoms with Crippen molar-refractivity contribution in [3.63, 3.8) is 0 Å². The van der Waals surface area contributed by atoms with Gasteiger partial charge in [0.25, 0.3) is 5.91 Å². The summed E-state index contributed by atoms with van der Waals surface area (Å²) in [6.07, 6.45) is 1.14. The molecule has 1 N–H and O–H groups in total. The van der Waals surface area contributed by atoms with E-state index in [1.54, 1.807) is 0 Å². The third-order valence-electron chi connectivity index (χ3n) is 5.48. The molecule has 28 heavy (non-hydrogen) atoms. The third-order valence-corrected chi connectivity index (χ3v) is 5.48. The summed E-state index contributed by atoms with van der Waals surface area (Å²) in [5.41, 5.74) is 3.21. The topological polar surface area (TPSA) is 60.9 Å². The summed E-state index contributed by atoms with van der Waals surface area (Å²) < 4.78 is 0. The molecule has 2 aromatic rings. The molecule has 0 bridgehead atoms. The van der Waals surface area contributed by atoms with Crippen molar-refractivity contribution in [3.8, 4) is 11.1 Å². The molecule has 1 aliphatic heterocycles.